The average molecular weight is 275 g/mol. The van der Waals surface area contributed by atoms with Gasteiger partial charge < -0.3 is 10.1 Å². The van der Waals surface area contributed by atoms with Gasteiger partial charge in [0.15, 0.2) is 0 Å². The molecule has 108 valence electrons. The molecule has 1 amide bonds. The van der Waals surface area contributed by atoms with Crippen LogP contribution in [0.25, 0.3) is 0 Å². The summed E-state index contributed by atoms with van der Waals surface area (Å²) in [5, 5.41) is 2.92. The maximum absolute atomic E-state index is 12.0. The molecule has 1 aromatic rings. The Labute approximate surface area is 119 Å². The van der Waals surface area contributed by atoms with Crippen molar-refractivity contribution in [3.63, 3.8) is 0 Å². The van der Waals surface area contributed by atoms with Crippen LogP contribution >= 0.6 is 0 Å². The van der Waals surface area contributed by atoms with Crippen LogP contribution in [0.3, 0.4) is 0 Å². The highest BCUT2D eigenvalue weighted by Gasteiger charge is 2.36. The van der Waals surface area contributed by atoms with Gasteiger partial charge in [0.1, 0.15) is 0 Å². The number of amides is 1. The first kappa shape index (κ1) is 14.6. The van der Waals surface area contributed by atoms with E-state index in [4.69, 9.17) is 4.74 Å². The number of hydrogen-bond acceptors (Lipinski definition) is 3. The van der Waals surface area contributed by atoms with Crippen molar-refractivity contribution in [1.82, 2.24) is 5.32 Å². The van der Waals surface area contributed by atoms with Gasteiger partial charge in [-0.25, -0.2) is 4.79 Å². The zero-order chi connectivity index (χ0) is 14.4. The second kappa shape index (κ2) is 6.55. The number of rotatable bonds is 3. The minimum Gasteiger partial charge on any atom is -0.459 e. The monoisotopic (exact) mass is 275 g/mol. The molecule has 0 saturated heterocycles. The molecular weight excluding hydrogens is 254 g/mol. The lowest BCUT2D eigenvalue weighted by atomic mass is 9.76. The van der Waals surface area contributed by atoms with E-state index < -0.39 is 17.4 Å². The van der Waals surface area contributed by atoms with E-state index in [0.29, 0.717) is 0 Å². The Morgan fingerprint density at radius 3 is 2.40 bits per heavy atom. The van der Waals surface area contributed by atoms with Gasteiger partial charge in [0.25, 0.3) is 0 Å². The van der Waals surface area contributed by atoms with Crippen LogP contribution in [0, 0.1) is 0 Å². The molecule has 2 rings (SSSR count). The molecule has 4 heteroatoms. The van der Waals surface area contributed by atoms with E-state index in [2.05, 4.69) is 5.32 Å². The predicted octanol–water partition coefficient (Wildman–Crippen LogP) is 2.53. The van der Waals surface area contributed by atoms with Crippen molar-refractivity contribution in [2.45, 2.75) is 44.6 Å². The third kappa shape index (κ3) is 3.18. The van der Waals surface area contributed by atoms with Crippen LogP contribution < -0.4 is 5.32 Å². The summed E-state index contributed by atoms with van der Waals surface area (Å²) in [4.78, 5) is 23.6. The summed E-state index contributed by atoms with van der Waals surface area (Å²) in [5.74, 6) is -1.44. The van der Waals surface area contributed by atoms with E-state index in [1.165, 1.54) is 6.42 Å². The summed E-state index contributed by atoms with van der Waals surface area (Å²) >= 11 is 0. The molecule has 0 radical (unpaired) electrons. The molecule has 0 heterocycles. The Morgan fingerprint density at radius 1 is 1.15 bits per heavy atom. The van der Waals surface area contributed by atoms with Crippen LogP contribution in [-0.2, 0) is 19.9 Å². The van der Waals surface area contributed by atoms with Crippen molar-refractivity contribution in [3.8, 4) is 0 Å². The molecule has 1 aliphatic carbocycles. The van der Waals surface area contributed by atoms with Gasteiger partial charge >= 0.3 is 11.9 Å². The number of carbonyl (C=O) groups is 2. The fraction of sp³-hybridized carbons (Fsp3) is 0.500. The first-order valence-electron chi connectivity index (χ1n) is 7.23. The Balaban J connectivity index is 2.20. The molecule has 1 aliphatic rings. The Bertz CT molecular complexity index is 464. The Morgan fingerprint density at radius 2 is 1.80 bits per heavy atom. The molecule has 20 heavy (non-hydrogen) atoms. The Hall–Kier alpha value is -1.84. The van der Waals surface area contributed by atoms with E-state index in [1.807, 2.05) is 30.3 Å². The van der Waals surface area contributed by atoms with Crippen LogP contribution in [0.5, 0.6) is 0 Å². The molecule has 0 spiro atoms. The summed E-state index contributed by atoms with van der Waals surface area (Å²) in [6.45, 7) is 1.91. The normalized spacial score (nSPS) is 17.2. The molecule has 0 bridgehead atoms. The number of ether oxygens (including phenoxy) is 1. The molecule has 0 atom stereocenters. The topological polar surface area (TPSA) is 55.4 Å². The van der Waals surface area contributed by atoms with Gasteiger partial charge in [-0.1, -0.05) is 49.6 Å². The van der Waals surface area contributed by atoms with Gasteiger partial charge in [-0.2, -0.15) is 0 Å². The van der Waals surface area contributed by atoms with Crippen molar-refractivity contribution in [2.24, 2.45) is 0 Å². The maximum Gasteiger partial charge on any atom is 0.396 e. The summed E-state index contributed by atoms with van der Waals surface area (Å²) in [6, 6.07) is 9.89. The molecule has 1 aromatic carbocycles. The van der Waals surface area contributed by atoms with E-state index in [1.54, 1.807) is 6.92 Å². The van der Waals surface area contributed by atoms with Gasteiger partial charge in [-0.15, -0.1) is 0 Å². The predicted molar refractivity (Wildman–Crippen MR) is 76.0 cm³/mol. The number of hydrogen-bond donors (Lipinski definition) is 1. The minimum absolute atomic E-state index is 0.213. The van der Waals surface area contributed by atoms with Crippen LogP contribution in [-0.4, -0.2) is 18.5 Å². The van der Waals surface area contributed by atoms with Gasteiger partial charge in [0, 0.05) is 0 Å². The lowest BCUT2D eigenvalue weighted by Crippen LogP contribution is -2.49. The minimum atomic E-state index is -0.798. The molecule has 1 fully saturated rings. The van der Waals surface area contributed by atoms with Gasteiger partial charge in [-0.05, 0) is 25.3 Å². The second-order valence-corrected chi connectivity index (χ2v) is 5.18. The van der Waals surface area contributed by atoms with Crippen molar-refractivity contribution < 1.29 is 14.3 Å². The molecule has 1 saturated carbocycles. The van der Waals surface area contributed by atoms with Crippen molar-refractivity contribution in [2.75, 3.05) is 6.61 Å². The highest BCUT2D eigenvalue weighted by Crippen LogP contribution is 2.37. The molecule has 0 aromatic heterocycles. The molecular formula is C16H21NO3. The summed E-state index contributed by atoms with van der Waals surface area (Å²) in [7, 11) is 0. The number of benzene rings is 1. The zero-order valence-electron chi connectivity index (χ0n) is 11.9. The summed E-state index contributed by atoms with van der Waals surface area (Å²) in [5.41, 5.74) is 0.640. The van der Waals surface area contributed by atoms with Gasteiger partial charge in [0.05, 0.1) is 12.1 Å². The summed E-state index contributed by atoms with van der Waals surface area (Å²) < 4.78 is 4.78. The first-order chi connectivity index (χ1) is 9.68. The average Bonchev–Trinajstić information content (AvgIpc) is 2.49. The second-order valence-electron chi connectivity index (χ2n) is 5.18. The quantitative estimate of drug-likeness (QED) is 0.681. The van der Waals surface area contributed by atoms with Crippen LogP contribution in [0.2, 0.25) is 0 Å². The van der Waals surface area contributed by atoms with Crippen molar-refractivity contribution in [3.05, 3.63) is 35.9 Å². The number of esters is 1. The lowest BCUT2D eigenvalue weighted by molar-refractivity contribution is -0.155. The molecule has 1 N–H and O–H groups in total. The smallest absolute Gasteiger partial charge is 0.396 e. The molecule has 0 aliphatic heterocycles. The third-order valence-electron chi connectivity index (χ3n) is 3.85. The largest absolute Gasteiger partial charge is 0.459 e. The summed E-state index contributed by atoms with van der Waals surface area (Å²) in [6.07, 6.45) is 5.00. The number of nitrogens with one attached hydrogen (secondary N) is 1. The lowest BCUT2D eigenvalue weighted by Gasteiger charge is -2.38. The van der Waals surface area contributed by atoms with E-state index in [9.17, 15) is 9.59 Å². The highest BCUT2D eigenvalue weighted by atomic mass is 16.5. The first-order valence-corrected chi connectivity index (χ1v) is 7.23. The van der Waals surface area contributed by atoms with Crippen molar-refractivity contribution >= 4 is 11.9 Å². The maximum atomic E-state index is 12.0. The fourth-order valence-corrected chi connectivity index (χ4v) is 2.86. The third-order valence-corrected chi connectivity index (χ3v) is 3.85. The SMILES string of the molecule is CCOC(=O)C(=O)NC1(c2ccccc2)CCCCC1. The Kier molecular flexibility index (Phi) is 4.77. The van der Waals surface area contributed by atoms with E-state index in [0.717, 1.165) is 31.2 Å². The van der Waals surface area contributed by atoms with E-state index in [-0.39, 0.29) is 6.61 Å². The highest BCUT2D eigenvalue weighted by molar-refractivity contribution is 6.32. The van der Waals surface area contributed by atoms with E-state index >= 15 is 0 Å². The van der Waals surface area contributed by atoms with Crippen LogP contribution in [0.15, 0.2) is 30.3 Å². The van der Waals surface area contributed by atoms with Gasteiger partial charge in [-0.3, -0.25) is 4.79 Å². The van der Waals surface area contributed by atoms with Gasteiger partial charge in [0.2, 0.25) is 0 Å². The van der Waals surface area contributed by atoms with Crippen LogP contribution in [0.4, 0.5) is 0 Å². The molecule has 4 nitrogen and oxygen atoms in total. The number of carbonyl (C=O) groups excluding carboxylic acids is 2. The standard InChI is InChI=1S/C16H21NO3/c1-2-20-15(19)14(18)17-16(11-7-4-8-12-16)13-9-5-3-6-10-13/h3,5-6,9-10H,2,4,7-8,11-12H2,1H3,(H,17,18). The fourth-order valence-electron chi connectivity index (χ4n) is 2.86. The molecule has 0 unspecified atom stereocenters. The van der Waals surface area contributed by atoms with Crippen molar-refractivity contribution in [1.29, 1.82) is 0 Å². The van der Waals surface area contributed by atoms with Crippen LogP contribution in [0.1, 0.15) is 44.6 Å². The zero-order valence-corrected chi connectivity index (χ0v) is 11.9.